The first-order chi connectivity index (χ1) is 6.20. The van der Waals surface area contributed by atoms with Crippen LogP contribution in [0.3, 0.4) is 0 Å². The number of halogens is 1. The maximum Gasteiger partial charge on any atom is 0.127 e. The van der Waals surface area contributed by atoms with Gasteiger partial charge in [0.1, 0.15) is 11.6 Å². The molecule has 0 unspecified atom stereocenters. The van der Waals surface area contributed by atoms with Crippen LogP contribution in [-0.4, -0.2) is 5.11 Å². The van der Waals surface area contributed by atoms with Crippen LogP contribution < -0.4 is 5.73 Å². The van der Waals surface area contributed by atoms with Crippen LogP contribution in [0.5, 0.6) is 5.75 Å². The molecule has 0 bridgehead atoms. The highest BCUT2D eigenvalue weighted by Gasteiger charge is 2.22. The van der Waals surface area contributed by atoms with Gasteiger partial charge < -0.3 is 10.8 Å². The van der Waals surface area contributed by atoms with Crippen LogP contribution in [0, 0.1) is 5.82 Å². The van der Waals surface area contributed by atoms with Crippen LogP contribution in [0.15, 0.2) is 12.1 Å². The number of hydrogen-bond donors (Lipinski definition) is 2. The number of fused-ring (bicyclic) bond motifs is 1. The molecule has 0 amide bonds. The summed E-state index contributed by atoms with van der Waals surface area (Å²) in [6, 6.07) is 2.46. The maximum absolute atomic E-state index is 13.3. The van der Waals surface area contributed by atoms with Gasteiger partial charge >= 0.3 is 0 Å². The second kappa shape index (κ2) is 3.00. The maximum atomic E-state index is 13.3. The summed E-state index contributed by atoms with van der Waals surface area (Å²) in [5.41, 5.74) is 6.99. The van der Waals surface area contributed by atoms with E-state index in [4.69, 9.17) is 5.73 Å². The number of rotatable bonds is 0. The Labute approximate surface area is 76.2 Å². The predicted molar refractivity (Wildman–Crippen MR) is 47.9 cm³/mol. The topological polar surface area (TPSA) is 46.2 Å². The van der Waals surface area contributed by atoms with Gasteiger partial charge in [0.25, 0.3) is 0 Å². The van der Waals surface area contributed by atoms with E-state index in [1.165, 1.54) is 12.1 Å². The van der Waals surface area contributed by atoms with Crippen molar-refractivity contribution in [3.63, 3.8) is 0 Å². The first-order valence-corrected chi connectivity index (χ1v) is 4.46. The van der Waals surface area contributed by atoms with Gasteiger partial charge in [0.15, 0.2) is 0 Å². The minimum absolute atomic E-state index is 0.128. The largest absolute Gasteiger partial charge is 0.508 e. The number of phenolic OH excluding ortho intramolecular Hbond substituents is 1. The molecule has 1 aliphatic carbocycles. The van der Waals surface area contributed by atoms with Gasteiger partial charge in [-0.05, 0) is 37.0 Å². The normalized spacial score (nSPS) is 21.2. The highest BCUT2D eigenvalue weighted by molar-refractivity contribution is 5.43. The molecule has 1 atom stereocenters. The number of aromatic hydroxyl groups is 1. The average Bonchev–Trinajstić information content (AvgIpc) is 2.12. The summed E-state index contributed by atoms with van der Waals surface area (Å²) in [6.45, 7) is 0. The molecule has 70 valence electrons. The first-order valence-electron chi connectivity index (χ1n) is 4.46. The van der Waals surface area contributed by atoms with Crippen molar-refractivity contribution in [2.24, 2.45) is 5.73 Å². The molecule has 0 saturated heterocycles. The van der Waals surface area contributed by atoms with Crippen LogP contribution in [0.1, 0.15) is 30.0 Å². The van der Waals surface area contributed by atoms with Crippen LogP contribution >= 0.6 is 0 Å². The van der Waals surface area contributed by atoms with Gasteiger partial charge in [0, 0.05) is 11.6 Å². The van der Waals surface area contributed by atoms with Crippen LogP contribution in [0.25, 0.3) is 0 Å². The molecule has 2 nitrogen and oxygen atoms in total. The van der Waals surface area contributed by atoms with Gasteiger partial charge in [-0.15, -0.1) is 0 Å². The van der Waals surface area contributed by atoms with Crippen molar-refractivity contribution >= 4 is 0 Å². The highest BCUT2D eigenvalue weighted by atomic mass is 19.1. The molecular weight excluding hydrogens is 169 g/mol. The van der Waals surface area contributed by atoms with E-state index in [1.54, 1.807) is 0 Å². The van der Waals surface area contributed by atoms with Crippen molar-refractivity contribution in [2.75, 3.05) is 0 Å². The number of phenols is 1. The van der Waals surface area contributed by atoms with Gasteiger partial charge in [-0.25, -0.2) is 4.39 Å². The highest BCUT2D eigenvalue weighted by Crippen LogP contribution is 2.35. The average molecular weight is 181 g/mol. The Morgan fingerprint density at radius 2 is 2.23 bits per heavy atom. The standard InChI is InChI=1S/C10H12FNO/c11-7-4-5-9(13)10-6(7)2-1-3-8(10)12/h4-5,8,13H,1-3,12H2/t8-/m1/s1. The van der Waals surface area contributed by atoms with E-state index < -0.39 is 0 Å². The third kappa shape index (κ3) is 1.29. The molecule has 0 radical (unpaired) electrons. The van der Waals surface area contributed by atoms with E-state index in [0.29, 0.717) is 17.5 Å². The Morgan fingerprint density at radius 1 is 1.46 bits per heavy atom. The predicted octanol–water partition coefficient (Wildman–Crippen LogP) is 1.87. The van der Waals surface area contributed by atoms with Crippen LogP contribution in [0.4, 0.5) is 4.39 Å². The van der Waals surface area contributed by atoms with Gasteiger partial charge in [-0.2, -0.15) is 0 Å². The Balaban J connectivity index is 2.60. The van der Waals surface area contributed by atoms with Crippen molar-refractivity contribution in [1.82, 2.24) is 0 Å². The zero-order valence-electron chi connectivity index (χ0n) is 7.26. The molecule has 1 aromatic carbocycles. The van der Waals surface area contributed by atoms with E-state index in [0.717, 1.165) is 12.8 Å². The molecule has 1 aliphatic rings. The lowest BCUT2D eigenvalue weighted by Gasteiger charge is -2.23. The fraction of sp³-hybridized carbons (Fsp3) is 0.400. The van der Waals surface area contributed by atoms with Crippen molar-refractivity contribution in [3.05, 3.63) is 29.1 Å². The summed E-state index contributed by atoms with van der Waals surface area (Å²) in [7, 11) is 0. The Kier molecular flexibility index (Phi) is 1.96. The lowest BCUT2D eigenvalue weighted by Crippen LogP contribution is -2.18. The Morgan fingerprint density at radius 3 is 2.92 bits per heavy atom. The smallest absolute Gasteiger partial charge is 0.127 e. The van der Waals surface area contributed by atoms with Gasteiger partial charge in [-0.1, -0.05) is 0 Å². The van der Waals surface area contributed by atoms with E-state index in [1.807, 2.05) is 0 Å². The van der Waals surface area contributed by atoms with Gasteiger partial charge in [-0.3, -0.25) is 0 Å². The van der Waals surface area contributed by atoms with E-state index in [2.05, 4.69) is 0 Å². The van der Waals surface area contributed by atoms with Gasteiger partial charge in [0.2, 0.25) is 0 Å². The van der Waals surface area contributed by atoms with Crippen molar-refractivity contribution in [1.29, 1.82) is 0 Å². The number of benzene rings is 1. The molecule has 0 saturated carbocycles. The second-order valence-electron chi connectivity index (χ2n) is 3.46. The quantitative estimate of drug-likeness (QED) is 0.641. The third-order valence-corrected chi connectivity index (χ3v) is 2.59. The summed E-state index contributed by atoms with van der Waals surface area (Å²) in [6.07, 6.45) is 2.40. The molecular formula is C10H12FNO. The summed E-state index contributed by atoms with van der Waals surface area (Å²) < 4.78 is 13.3. The monoisotopic (exact) mass is 181 g/mol. The summed E-state index contributed by atoms with van der Waals surface area (Å²) >= 11 is 0. The molecule has 1 aromatic rings. The Bertz CT molecular complexity index is 338. The minimum atomic E-state index is -0.247. The first kappa shape index (κ1) is 8.51. The molecule has 0 aromatic heterocycles. The molecule has 0 heterocycles. The lowest BCUT2D eigenvalue weighted by molar-refractivity contribution is 0.440. The summed E-state index contributed by atoms with van der Waals surface area (Å²) in [5, 5.41) is 9.50. The lowest BCUT2D eigenvalue weighted by atomic mass is 9.87. The van der Waals surface area contributed by atoms with Crippen LogP contribution in [-0.2, 0) is 6.42 Å². The van der Waals surface area contributed by atoms with Crippen molar-refractivity contribution in [3.8, 4) is 5.75 Å². The van der Waals surface area contributed by atoms with Gasteiger partial charge in [0.05, 0.1) is 0 Å². The van der Waals surface area contributed by atoms with E-state index >= 15 is 0 Å². The van der Waals surface area contributed by atoms with Crippen molar-refractivity contribution in [2.45, 2.75) is 25.3 Å². The number of hydrogen-bond acceptors (Lipinski definition) is 2. The fourth-order valence-corrected chi connectivity index (χ4v) is 1.94. The van der Waals surface area contributed by atoms with E-state index in [-0.39, 0.29) is 17.6 Å². The molecule has 0 aliphatic heterocycles. The third-order valence-electron chi connectivity index (χ3n) is 2.59. The molecule has 0 spiro atoms. The Hall–Kier alpha value is -1.09. The molecule has 13 heavy (non-hydrogen) atoms. The molecule has 0 fully saturated rings. The summed E-state index contributed by atoms with van der Waals surface area (Å²) in [5.74, 6) is -0.119. The van der Waals surface area contributed by atoms with E-state index in [9.17, 15) is 9.50 Å². The summed E-state index contributed by atoms with van der Waals surface area (Å²) in [4.78, 5) is 0. The van der Waals surface area contributed by atoms with Crippen molar-refractivity contribution < 1.29 is 9.50 Å². The second-order valence-corrected chi connectivity index (χ2v) is 3.46. The molecule has 2 rings (SSSR count). The zero-order chi connectivity index (χ0) is 9.42. The number of nitrogens with two attached hydrogens (primary N) is 1. The minimum Gasteiger partial charge on any atom is -0.508 e. The van der Waals surface area contributed by atoms with Crippen LogP contribution in [0.2, 0.25) is 0 Å². The SMILES string of the molecule is N[C@@H]1CCCc2c(F)ccc(O)c21. The molecule has 3 N–H and O–H groups in total. The zero-order valence-corrected chi connectivity index (χ0v) is 7.26. The molecule has 3 heteroatoms. The fourth-order valence-electron chi connectivity index (χ4n) is 1.94.